The van der Waals surface area contributed by atoms with E-state index in [-0.39, 0.29) is 0 Å². The summed E-state index contributed by atoms with van der Waals surface area (Å²) in [5.41, 5.74) is -0.998. The SMILES string of the molecule is CC(C#N)S(=O)(=O)NC1(C#N)CCCCC1. The molecular weight excluding hydrogens is 226 g/mol. The fraction of sp³-hybridized carbons (Fsp3) is 0.800. The lowest BCUT2D eigenvalue weighted by atomic mass is 9.84. The van der Waals surface area contributed by atoms with E-state index in [4.69, 9.17) is 10.5 Å². The summed E-state index contributed by atoms with van der Waals surface area (Å²) in [5.74, 6) is 0. The van der Waals surface area contributed by atoms with Gasteiger partial charge in [-0.2, -0.15) is 15.2 Å². The molecule has 0 radical (unpaired) electrons. The average Bonchev–Trinajstić information content (AvgIpc) is 2.28. The Morgan fingerprint density at radius 1 is 1.25 bits per heavy atom. The highest BCUT2D eigenvalue weighted by Crippen LogP contribution is 2.28. The lowest BCUT2D eigenvalue weighted by molar-refractivity contribution is 0.337. The maximum Gasteiger partial charge on any atom is 0.229 e. The van der Waals surface area contributed by atoms with Crippen LogP contribution in [-0.2, 0) is 10.0 Å². The average molecular weight is 241 g/mol. The van der Waals surface area contributed by atoms with Gasteiger partial charge in [0.25, 0.3) is 0 Å². The van der Waals surface area contributed by atoms with Gasteiger partial charge >= 0.3 is 0 Å². The van der Waals surface area contributed by atoms with Crippen molar-refractivity contribution in [3.63, 3.8) is 0 Å². The minimum absolute atomic E-state index is 0.529. The van der Waals surface area contributed by atoms with Gasteiger partial charge in [-0.05, 0) is 19.8 Å². The second-order valence-electron chi connectivity index (χ2n) is 4.17. The third-order valence-corrected chi connectivity index (χ3v) is 4.62. The molecule has 16 heavy (non-hydrogen) atoms. The number of hydrogen-bond donors (Lipinski definition) is 1. The van der Waals surface area contributed by atoms with Crippen LogP contribution >= 0.6 is 0 Å². The zero-order chi connectivity index (χ0) is 12.2. The molecule has 1 aliphatic rings. The highest BCUT2D eigenvalue weighted by molar-refractivity contribution is 7.90. The van der Waals surface area contributed by atoms with Gasteiger partial charge in [-0.3, -0.25) is 0 Å². The van der Waals surface area contributed by atoms with Crippen LogP contribution in [0.15, 0.2) is 0 Å². The van der Waals surface area contributed by atoms with Crippen molar-refractivity contribution in [1.82, 2.24) is 4.72 Å². The first-order valence-corrected chi connectivity index (χ1v) is 6.84. The Labute approximate surface area is 96.1 Å². The largest absolute Gasteiger partial charge is 0.229 e. The smallest absolute Gasteiger partial charge is 0.211 e. The fourth-order valence-electron chi connectivity index (χ4n) is 1.82. The normalized spacial score (nSPS) is 21.7. The molecule has 6 heteroatoms. The highest BCUT2D eigenvalue weighted by Gasteiger charge is 2.37. The van der Waals surface area contributed by atoms with Gasteiger partial charge in [-0.15, -0.1) is 0 Å². The van der Waals surface area contributed by atoms with E-state index in [0.717, 1.165) is 19.3 Å². The van der Waals surface area contributed by atoms with Crippen molar-refractivity contribution in [2.24, 2.45) is 0 Å². The van der Waals surface area contributed by atoms with Gasteiger partial charge in [0, 0.05) is 0 Å². The van der Waals surface area contributed by atoms with Gasteiger partial charge < -0.3 is 0 Å². The molecule has 0 aromatic carbocycles. The topological polar surface area (TPSA) is 93.8 Å². The molecule has 0 aromatic rings. The van der Waals surface area contributed by atoms with Gasteiger partial charge in [-0.1, -0.05) is 19.3 Å². The number of hydrogen-bond acceptors (Lipinski definition) is 4. The van der Waals surface area contributed by atoms with Gasteiger partial charge in [0.1, 0.15) is 5.54 Å². The third kappa shape index (κ3) is 2.72. The second kappa shape index (κ2) is 4.82. The molecule has 0 saturated heterocycles. The monoisotopic (exact) mass is 241 g/mol. The van der Waals surface area contributed by atoms with Crippen LogP contribution in [0, 0.1) is 22.7 Å². The number of nitrogens with one attached hydrogen (secondary N) is 1. The fourth-order valence-corrected chi connectivity index (χ4v) is 2.93. The quantitative estimate of drug-likeness (QED) is 0.798. The van der Waals surface area contributed by atoms with E-state index in [1.807, 2.05) is 0 Å². The van der Waals surface area contributed by atoms with E-state index < -0.39 is 20.8 Å². The summed E-state index contributed by atoms with van der Waals surface area (Å²) in [6.45, 7) is 1.32. The lowest BCUT2D eigenvalue weighted by Gasteiger charge is -2.31. The van der Waals surface area contributed by atoms with Crippen molar-refractivity contribution in [3.05, 3.63) is 0 Å². The molecule has 1 aliphatic carbocycles. The van der Waals surface area contributed by atoms with E-state index in [0.29, 0.717) is 12.8 Å². The minimum atomic E-state index is -3.71. The molecule has 0 heterocycles. The molecule has 5 nitrogen and oxygen atoms in total. The molecule has 1 N–H and O–H groups in total. The molecule has 1 rings (SSSR count). The second-order valence-corrected chi connectivity index (χ2v) is 6.17. The predicted molar refractivity (Wildman–Crippen MR) is 58.6 cm³/mol. The number of rotatable bonds is 3. The van der Waals surface area contributed by atoms with Crippen LogP contribution in [0.5, 0.6) is 0 Å². The summed E-state index contributed by atoms with van der Waals surface area (Å²) in [4.78, 5) is 0. The first-order valence-electron chi connectivity index (χ1n) is 5.29. The Morgan fingerprint density at radius 2 is 1.81 bits per heavy atom. The molecule has 0 aromatic heterocycles. The first-order chi connectivity index (χ1) is 7.46. The number of nitriles is 2. The Bertz CT molecular complexity index is 424. The highest BCUT2D eigenvalue weighted by atomic mass is 32.2. The van der Waals surface area contributed by atoms with Crippen molar-refractivity contribution in [2.45, 2.75) is 49.8 Å². The maximum absolute atomic E-state index is 11.7. The molecule has 0 spiro atoms. The molecule has 0 amide bonds. The molecule has 0 aliphatic heterocycles. The lowest BCUT2D eigenvalue weighted by Crippen LogP contribution is -2.50. The van der Waals surface area contributed by atoms with Crippen molar-refractivity contribution < 1.29 is 8.42 Å². The number of nitrogens with zero attached hydrogens (tertiary/aromatic N) is 2. The summed E-state index contributed by atoms with van der Waals surface area (Å²) in [6.07, 6.45) is 3.77. The van der Waals surface area contributed by atoms with Crippen LogP contribution in [0.2, 0.25) is 0 Å². The van der Waals surface area contributed by atoms with E-state index in [1.165, 1.54) is 6.92 Å². The number of sulfonamides is 1. The maximum atomic E-state index is 11.7. The van der Waals surface area contributed by atoms with Crippen LogP contribution in [-0.4, -0.2) is 19.2 Å². The van der Waals surface area contributed by atoms with Crippen LogP contribution in [0.4, 0.5) is 0 Å². The summed E-state index contributed by atoms with van der Waals surface area (Å²) in [5, 5.41) is 16.6. The van der Waals surface area contributed by atoms with Crippen LogP contribution in [0.1, 0.15) is 39.0 Å². The Morgan fingerprint density at radius 3 is 2.25 bits per heavy atom. The van der Waals surface area contributed by atoms with E-state index in [2.05, 4.69) is 10.8 Å². The van der Waals surface area contributed by atoms with Gasteiger partial charge in [-0.25, -0.2) is 8.42 Å². The molecule has 0 bridgehead atoms. The summed E-state index contributed by atoms with van der Waals surface area (Å²) >= 11 is 0. The van der Waals surface area contributed by atoms with Crippen LogP contribution in [0.25, 0.3) is 0 Å². The van der Waals surface area contributed by atoms with Crippen LogP contribution < -0.4 is 4.72 Å². The summed E-state index contributed by atoms with van der Waals surface area (Å²) in [6, 6.07) is 3.73. The van der Waals surface area contributed by atoms with Crippen LogP contribution in [0.3, 0.4) is 0 Å². The van der Waals surface area contributed by atoms with E-state index in [9.17, 15) is 8.42 Å². The van der Waals surface area contributed by atoms with E-state index in [1.54, 1.807) is 6.07 Å². The third-order valence-electron chi connectivity index (χ3n) is 2.91. The van der Waals surface area contributed by atoms with E-state index >= 15 is 0 Å². The zero-order valence-corrected chi connectivity index (χ0v) is 10.0. The molecule has 1 unspecified atom stereocenters. The van der Waals surface area contributed by atoms with Gasteiger partial charge in [0.15, 0.2) is 5.25 Å². The molecular formula is C10H15N3O2S. The zero-order valence-electron chi connectivity index (χ0n) is 9.23. The summed E-state index contributed by atoms with van der Waals surface area (Å²) < 4.78 is 25.8. The summed E-state index contributed by atoms with van der Waals surface area (Å²) in [7, 11) is -3.71. The minimum Gasteiger partial charge on any atom is -0.211 e. The molecule has 1 saturated carbocycles. The van der Waals surface area contributed by atoms with Crippen molar-refractivity contribution in [1.29, 1.82) is 10.5 Å². The Kier molecular flexibility index (Phi) is 3.90. The van der Waals surface area contributed by atoms with Crippen molar-refractivity contribution >= 4 is 10.0 Å². The Hall–Kier alpha value is -1.11. The molecule has 1 atom stereocenters. The Balaban J connectivity index is 2.87. The van der Waals surface area contributed by atoms with Gasteiger partial charge in [0.05, 0.1) is 12.1 Å². The first kappa shape index (κ1) is 13.0. The van der Waals surface area contributed by atoms with Crippen molar-refractivity contribution in [3.8, 4) is 12.1 Å². The van der Waals surface area contributed by atoms with Gasteiger partial charge in [0.2, 0.25) is 10.0 Å². The molecule has 1 fully saturated rings. The molecule has 88 valence electrons. The standard InChI is InChI=1S/C10H15N3O2S/c1-9(7-11)16(14,15)13-10(8-12)5-3-2-4-6-10/h9,13H,2-6H2,1H3. The van der Waals surface area contributed by atoms with Crippen molar-refractivity contribution in [2.75, 3.05) is 0 Å². The predicted octanol–water partition coefficient (Wildman–Crippen LogP) is 1.04.